The molecule has 0 aromatic heterocycles. The topological polar surface area (TPSA) is 70.7 Å². The minimum absolute atomic E-state index is 0.0564. The molecule has 3 rings (SSSR count). The molecular formula is C26H33N3O3S. The number of piperidine rings is 1. The Balaban J connectivity index is 1.48. The van der Waals surface area contributed by atoms with Crippen LogP contribution in [0.4, 0.5) is 5.69 Å². The zero-order valence-electron chi connectivity index (χ0n) is 19.6. The van der Waals surface area contributed by atoms with E-state index in [1.54, 1.807) is 48.5 Å². The molecule has 176 valence electrons. The molecule has 33 heavy (non-hydrogen) atoms. The van der Waals surface area contributed by atoms with Crippen LogP contribution in [0.2, 0.25) is 0 Å². The van der Waals surface area contributed by atoms with E-state index in [2.05, 4.69) is 31.4 Å². The molecule has 2 amide bonds. The number of carbonyl (C=O) groups is 2. The SMILES string of the molecule is CC(C)CCOc1ccc(C(=O)NC(=S)Nc2ccc(C(=O)N3CCC(C)CC3)cc2)cc1. The van der Waals surface area contributed by atoms with Gasteiger partial charge in [0, 0.05) is 29.9 Å². The van der Waals surface area contributed by atoms with Crippen molar-refractivity contribution < 1.29 is 14.3 Å². The Morgan fingerprint density at radius 3 is 2.24 bits per heavy atom. The van der Waals surface area contributed by atoms with Crippen molar-refractivity contribution >= 4 is 34.8 Å². The molecule has 0 atom stereocenters. The quantitative estimate of drug-likeness (QED) is 0.554. The molecule has 6 nitrogen and oxygen atoms in total. The van der Waals surface area contributed by atoms with E-state index in [0.29, 0.717) is 35.3 Å². The van der Waals surface area contributed by atoms with Crippen LogP contribution in [0.15, 0.2) is 48.5 Å². The van der Waals surface area contributed by atoms with Crippen LogP contribution in [-0.2, 0) is 0 Å². The van der Waals surface area contributed by atoms with Gasteiger partial charge in [0.1, 0.15) is 5.75 Å². The molecule has 0 radical (unpaired) electrons. The Bertz CT molecular complexity index is 950. The van der Waals surface area contributed by atoms with Gasteiger partial charge in [0.25, 0.3) is 11.8 Å². The van der Waals surface area contributed by atoms with Gasteiger partial charge in [0.2, 0.25) is 0 Å². The van der Waals surface area contributed by atoms with Crippen LogP contribution in [0, 0.1) is 11.8 Å². The number of nitrogens with one attached hydrogen (secondary N) is 2. The van der Waals surface area contributed by atoms with E-state index >= 15 is 0 Å². The van der Waals surface area contributed by atoms with Crippen molar-refractivity contribution in [3.8, 4) is 5.75 Å². The Kier molecular flexibility index (Phi) is 8.83. The number of amides is 2. The van der Waals surface area contributed by atoms with Crippen LogP contribution >= 0.6 is 12.2 Å². The highest BCUT2D eigenvalue weighted by Gasteiger charge is 2.21. The number of rotatable bonds is 7. The molecule has 1 fully saturated rings. The summed E-state index contributed by atoms with van der Waals surface area (Å²) < 4.78 is 5.68. The molecule has 7 heteroatoms. The zero-order chi connectivity index (χ0) is 23.8. The first-order chi connectivity index (χ1) is 15.8. The minimum atomic E-state index is -0.299. The molecule has 0 spiro atoms. The maximum absolute atomic E-state index is 12.7. The van der Waals surface area contributed by atoms with Gasteiger partial charge < -0.3 is 15.0 Å². The highest BCUT2D eigenvalue weighted by atomic mass is 32.1. The van der Waals surface area contributed by atoms with E-state index in [0.717, 1.165) is 38.1 Å². The Hall–Kier alpha value is -2.93. The number of hydrogen-bond donors (Lipinski definition) is 2. The van der Waals surface area contributed by atoms with E-state index in [1.165, 1.54) is 0 Å². The Morgan fingerprint density at radius 1 is 1.03 bits per heavy atom. The fourth-order valence-electron chi connectivity index (χ4n) is 3.54. The summed E-state index contributed by atoms with van der Waals surface area (Å²) >= 11 is 5.27. The summed E-state index contributed by atoms with van der Waals surface area (Å²) in [7, 11) is 0. The first-order valence-corrected chi connectivity index (χ1v) is 12.0. The minimum Gasteiger partial charge on any atom is -0.494 e. The van der Waals surface area contributed by atoms with Crippen LogP contribution in [0.3, 0.4) is 0 Å². The summed E-state index contributed by atoms with van der Waals surface area (Å²) in [6.07, 6.45) is 3.08. The summed E-state index contributed by atoms with van der Waals surface area (Å²) in [5.74, 6) is 1.76. The maximum atomic E-state index is 12.7. The lowest BCUT2D eigenvalue weighted by atomic mass is 9.98. The molecule has 0 unspecified atom stereocenters. The Morgan fingerprint density at radius 2 is 1.64 bits per heavy atom. The third-order valence-corrected chi connectivity index (χ3v) is 5.97. The molecule has 2 N–H and O–H groups in total. The van der Waals surface area contributed by atoms with Crippen molar-refractivity contribution in [3.05, 3.63) is 59.7 Å². The fraction of sp³-hybridized carbons (Fsp3) is 0.423. The lowest BCUT2D eigenvalue weighted by Crippen LogP contribution is -2.37. The number of thiocarbonyl (C=S) groups is 1. The van der Waals surface area contributed by atoms with Gasteiger partial charge in [-0.25, -0.2) is 0 Å². The van der Waals surface area contributed by atoms with Gasteiger partial charge in [-0.3, -0.25) is 14.9 Å². The lowest BCUT2D eigenvalue weighted by Gasteiger charge is -2.30. The highest BCUT2D eigenvalue weighted by Crippen LogP contribution is 2.19. The van der Waals surface area contributed by atoms with Crippen LogP contribution < -0.4 is 15.4 Å². The first kappa shape index (κ1) is 24.7. The van der Waals surface area contributed by atoms with Crippen molar-refractivity contribution in [3.63, 3.8) is 0 Å². The van der Waals surface area contributed by atoms with E-state index in [4.69, 9.17) is 17.0 Å². The molecule has 0 bridgehead atoms. The molecular weight excluding hydrogens is 434 g/mol. The van der Waals surface area contributed by atoms with Crippen molar-refractivity contribution in [2.45, 2.75) is 40.0 Å². The van der Waals surface area contributed by atoms with Gasteiger partial charge in [0.05, 0.1) is 6.61 Å². The summed E-state index contributed by atoms with van der Waals surface area (Å²) in [4.78, 5) is 27.1. The number of nitrogens with zero attached hydrogens (tertiary/aromatic N) is 1. The molecule has 1 heterocycles. The second kappa shape index (κ2) is 11.8. The fourth-order valence-corrected chi connectivity index (χ4v) is 3.75. The monoisotopic (exact) mass is 467 g/mol. The summed E-state index contributed by atoms with van der Waals surface area (Å²) in [6.45, 7) is 8.79. The first-order valence-electron chi connectivity index (χ1n) is 11.6. The molecule has 1 aliphatic heterocycles. The van der Waals surface area contributed by atoms with Gasteiger partial charge >= 0.3 is 0 Å². The third kappa shape index (κ3) is 7.56. The van der Waals surface area contributed by atoms with Gasteiger partial charge in [0.15, 0.2) is 5.11 Å². The molecule has 1 saturated heterocycles. The zero-order valence-corrected chi connectivity index (χ0v) is 20.4. The van der Waals surface area contributed by atoms with E-state index in [-0.39, 0.29) is 16.9 Å². The largest absolute Gasteiger partial charge is 0.494 e. The van der Waals surface area contributed by atoms with Crippen molar-refractivity contribution in [1.82, 2.24) is 10.2 Å². The van der Waals surface area contributed by atoms with Gasteiger partial charge in [-0.2, -0.15) is 0 Å². The lowest BCUT2D eigenvalue weighted by molar-refractivity contribution is 0.0697. The van der Waals surface area contributed by atoms with E-state index in [9.17, 15) is 9.59 Å². The van der Waals surface area contributed by atoms with Crippen molar-refractivity contribution in [2.75, 3.05) is 25.0 Å². The predicted molar refractivity (Wildman–Crippen MR) is 136 cm³/mol. The van der Waals surface area contributed by atoms with E-state index < -0.39 is 0 Å². The molecule has 2 aromatic rings. The summed E-state index contributed by atoms with van der Waals surface area (Å²) in [6, 6.07) is 14.1. The maximum Gasteiger partial charge on any atom is 0.257 e. The second-order valence-electron chi connectivity index (χ2n) is 9.02. The van der Waals surface area contributed by atoms with Crippen LogP contribution in [0.1, 0.15) is 60.7 Å². The van der Waals surface area contributed by atoms with Crippen LogP contribution in [0.25, 0.3) is 0 Å². The van der Waals surface area contributed by atoms with E-state index in [1.807, 2.05) is 4.90 Å². The second-order valence-corrected chi connectivity index (χ2v) is 9.42. The number of anilines is 1. The smallest absolute Gasteiger partial charge is 0.257 e. The molecule has 0 aliphatic carbocycles. The summed E-state index contributed by atoms with van der Waals surface area (Å²) in [5, 5.41) is 5.87. The molecule has 2 aromatic carbocycles. The summed E-state index contributed by atoms with van der Waals surface area (Å²) in [5.41, 5.74) is 1.85. The number of likely N-dealkylation sites (tertiary alicyclic amines) is 1. The normalized spacial score (nSPS) is 14.1. The van der Waals surface area contributed by atoms with Gasteiger partial charge in [-0.1, -0.05) is 20.8 Å². The third-order valence-electron chi connectivity index (χ3n) is 5.77. The number of hydrogen-bond acceptors (Lipinski definition) is 4. The Labute approximate surface area is 201 Å². The standard InChI is InChI=1S/C26H33N3O3S/c1-18(2)14-17-32-23-10-6-20(7-11-23)24(30)28-26(33)27-22-8-4-21(5-9-22)25(31)29-15-12-19(3)13-16-29/h4-11,18-19H,12-17H2,1-3H3,(H2,27,28,30,33). The van der Waals surface area contributed by atoms with Gasteiger partial charge in [-0.15, -0.1) is 0 Å². The number of carbonyl (C=O) groups excluding carboxylic acids is 2. The number of ether oxygens (including phenoxy) is 1. The predicted octanol–water partition coefficient (Wildman–Crippen LogP) is 5.11. The van der Waals surface area contributed by atoms with Crippen molar-refractivity contribution in [1.29, 1.82) is 0 Å². The van der Waals surface area contributed by atoms with Crippen molar-refractivity contribution in [2.24, 2.45) is 11.8 Å². The number of benzene rings is 2. The molecule has 0 saturated carbocycles. The highest BCUT2D eigenvalue weighted by molar-refractivity contribution is 7.80. The average molecular weight is 468 g/mol. The van der Waals surface area contributed by atoms with Gasteiger partial charge in [-0.05, 0) is 91.8 Å². The molecule has 1 aliphatic rings. The van der Waals surface area contributed by atoms with Crippen LogP contribution in [-0.4, -0.2) is 41.5 Å². The van der Waals surface area contributed by atoms with Crippen LogP contribution in [0.5, 0.6) is 5.75 Å². The average Bonchev–Trinajstić information content (AvgIpc) is 2.80.